The summed E-state index contributed by atoms with van der Waals surface area (Å²) in [4.78, 5) is 8.90. The van der Waals surface area contributed by atoms with Gasteiger partial charge in [-0.05, 0) is 47.9 Å². The number of fused-ring (bicyclic) bond motifs is 1. The number of aromatic nitrogens is 3. The Morgan fingerprint density at radius 2 is 1.75 bits per heavy atom. The van der Waals surface area contributed by atoms with Crippen molar-refractivity contribution in [3.8, 4) is 22.9 Å². The van der Waals surface area contributed by atoms with Gasteiger partial charge in [0.15, 0.2) is 5.65 Å². The maximum atomic E-state index is 9.26. The standard InChI is InChI=1S/C20H14N4/c1-14-10-11-22-20-19(14)23-13-24(20)17-8-6-15(7-9-17)18-5-3-2-4-16(18)12-21/h2-11,13H,1H3. The molecule has 2 heterocycles. The summed E-state index contributed by atoms with van der Waals surface area (Å²) >= 11 is 0. The van der Waals surface area contributed by atoms with Gasteiger partial charge >= 0.3 is 0 Å². The Morgan fingerprint density at radius 1 is 0.958 bits per heavy atom. The van der Waals surface area contributed by atoms with Crippen LogP contribution in [0, 0.1) is 18.3 Å². The summed E-state index contributed by atoms with van der Waals surface area (Å²) < 4.78 is 1.97. The Labute approximate surface area is 139 Å². The first-order valence-corrected chi connectivity index (χ1v) is 7.66. The lowest BCUT2D eigenvalue weighted by atomic mass is 10.0. The van der Waals surface area contributed by atoms with Gasteiger partial charge in [-0.3, -0.25) is 4.57 Å². The number of benzene rings is 2. The molecule has 24 heavy (non-hydrogen) atoms. The van der Waals surface area contributed by atoms with E-state index in [1.807, 2.05) is 66.1 Å². The van der Waals surface area contributed by atoms with Crippen molar-refractivity contribution in [1.82, 2.24) is 14.5 Å². The van der Waals surface area contributed by atoms with Crippen molar-refractivity contribution < 1.29 is 0 Å². The first-order chi connectivity index (χ1) is 11.8. The zero-order valence-corrected chi connectivity index (χ0v) is 13.1. The Balaban J connectivity index is 1.79. The van der Waals surface area contributed by atoms with Gasteiger partial charge in [-0.1, -0.05) is 30.3 Å². The van der Waals surface area contributed by atoms with Gasteiger partial charge in [0, 0.05) is 11.9 Å². The number of hydrogen-bond acceptors (Lipinski definition) is 3. The van der Waals surface area contributed by atoms with E-state index in [-0.39, 0.29) is 0 Å². The Morgan fingerprint density at radius 3 is 2.54 bits per heavy atom. The summed E-state index contributed by atoms with van der Waals surface area (Å²) in [7, 11) is 0. The van der Waals surface area contributed by atoms with Crippen LogP contribution in [-0.2, 0) is 0 Å². The van der Waals surface area contributed by atoms with Crippen molar-refractivity contribution in [2.24, 2.45) is 0 Å². The maximum Gasteiger partial charge on any atom is 0.164 e. The van der Waals surface area contributed by atoms with E-state index in [9.17, 15) is 5.26 Å². The number of nitrogens with zero attached hydrogens (tertiary/aromatic N) is 4. The number of rotatable bonds is 2. The summed E-state index contributed by atoms with van der Waals surface area (Å²) in [6, 6.07) is 19.9. The van der Waals surface area contributed by atoms with E-state index in [0.29, 0.717) is 5.56 Å². The van der Waals surface area contributed by atoms with E-state index in [4.69, 9.17) is 0 Å². The first-order valence-electron chi connectivity index (χ1n) is 7.66. The van der Waals surface area contributed by atoms with Crippen molar-refractivity contribution in [2.75, 3.05) is 0 Å². The molecule has 0 fully saturated rings. The van der Waals surface area contributed by atoms with Crippen LogP contribution in [0.25, 0.3) is 28.0 Å². The van der Waals surface area contributed by atoms with Crippen molar-refractivity contribution >= 4 is 11.2 Å². The van der Waals surface area contributed by atoms with Gasteiger partial charge in [-0.25, -0.2) is 9.97 Å². The molecule has 0 saturated carbocycles. The third kappa shape index (κ3) is 2.24. The predicted molar refractivity (Wildman–Crippen MR) is 93.8 cm³/mol. The van der Waals surface area contributed by atoms with Crippen LogP contribution in [0.3, 0.4) is 0 Å². The molecule has 0 spiro atoms. The molecule has 4 aromatic rings. The summed E-state index contributed by atoms with van der Waals surface area (Å²) in [5.41, 5.74) is 6.50. The lowest BCUT2D eigenvalue weighted by molar-refractivity contribution is 1.07. The Bertz CT molecular complexity index is 1070. The molecule has 0 amide bonds. The van der Waals surface area contributed by atoms with Gasteiger partial charge in [0.05, 0.1) is 11.6 Å². The van der Waals surface area contributed by atoms with Crippen LogP contribution in [0.1, 0.15) is 11.1 Å². The average molecular weight is 310 g/mol. The second-order valence-corrected chi connectivity index (χ2v) is 5.62. The number of nitriles is 1. The minimum Gasteiger partial charge on any atom is -0.283 e. The number of aryl methyl sites for hydroxylation is 1. The van der Waals surface area contributed by atoms with E-state index < -0.39 is 0 Å². The zero-order chi connectivity index (χ0) is 16.5. The monoisotopic (exact) mass is 310 g/mol. The van der Waals surface area contributed by atoms with Crippen molar-refractivity contribution in [3.63, 3.8) is 0 Å². The molecule has 0 N–H and O–H groups in total. The summed E-state index contributed by atoms with van der Waals surface area (Å²) in [6.45, 7) is 2.03. The fraction of sp³-hybridized carbons (Fsp3) is 0.0500. The molecule has 2 aromatic heterocycles. The lowest BCUT2D eigenvalue weighted by Crippen LogP contribution is -1.94. The van der Waals surface area contributed by atoms with Crippen molar-refractivity contribution in [1.29, 1.82) is 5.26 Å². The molecule has 0 saturated heterocycles. The summed E-state index contributed by atoms with van der Waals surface area (Å²) in [6.07, 6.45) is 3.59. The third-order valence-electron chi connectivity index (χ3n) is 4.14. The highest BCUT2D eigenvalue weighted by Crippen LogP contribution is 2.25. The molecule has 0 aliphatic carbocycles. The minimum atomic E-state index is 0.677. The van der Waals surface area contributed by atoms with Gasteiger partial charge in [0.25, 0.3) is 0 Å². The van der Waals surface area contributed by atoms with Crippen LogP contribution in [0.5, 0.6) is 0 Å². The lowest BCUT2D eigenvalue weighted by Gasteiger charge is -2.07. The maximum absolute atomic E-state index is 9.26. The second kappa shape index (κ2) is 5.64. The van der Waals surface area contributed by atoms with Gasteiger partial charge in [-0.2, -0.15) is 5.26 Å². The number of hydrogen-bond donors (Lipinski definition) is 0. The molecule has 0 aliphatic rings. The SMILES string of the molecule is Cc1ccnc2c1ncn2-c1ccc(-c2ccccc2C#N)cc1. The highest BCUT2D eigenvalue weighted by Gasteiger charge is 2.09. The van der Waals surface area contributed by atoms with E-state index >= 15 is 0 Å². The molecule has 4 nitrogen and oxygen atoms in total. The first kappa shape index (κ1) is 14.2. The smallest absolute Gasteiger partial charge is 0.164 e. The summed E-state index contributed by atoms with van der Waals surface area (Å²) in [5, 5.41) is 9.26. The van der Waals surface area contributed by atoms with Crippen LogP contribution in [0.15, 0.2) is 67.1 Å². The van der Waals surface area contributed by atoms with Crippen LogP contribution in [0.2, 0.25) is 0 Å². The van der Waals surface area contributed by atoms with Crippen molar-refractivity contribution in [3.05, 3.63) is 78.2 Å². The molecule has 114 valence electrons. The minimum absolute atomic E-state index is 0.677. The van der Waals surface area contributed by atoms with Crippen LogP contribution in [-0.4, -0.2) is 14.5 Å². The van der Waals surface area contributed by atoms with E-state index in [0.717, 1.165) is 33.5 Å². The highest BCUT2D eigenvalue weighted by molar-refractivity contribution is 5.77. The summed E-state index contributed by atoms with van der Waals surface area (Å²) in [5.74, 6) is 0. The Hall–Kier alpha value is -3.45. The molecule has 0 bridgehead atoms. The zero-order valence-electron chi connectivity index (χ0n) is 13.1. The van der Waals surface area contributed by atoms with Crippen LogP contribution >= 0.6 is 0 Å². The Kier molecular flexibility index (Phi) is 3.33. The van der Waals surface area contributed by atoms with E-state index in [1.54, 1.807) is 12.5 Å². The highest BCUT2D eigenvalue weighted by atomic mass is 15.1. The fourth-order valence-electron chi connectivity index (χ4n) is 2.86. The third-order valence-corrected chi connectivity index (χ3v) is 4.14. The van der Waals surface area contributed by atoms with Gasteiger partial charge in [-0.15, -0.1) is 0 Å². The number of imidazole rings is 1. The van der Waals surface area contributed by atoms with Gasteiger partial charge < -0.3 is 0 Å². The predicted octanol–water partition coefficient (Wildman–Crippen LogP) is 4.27. The van der Waals surface area contributed by atoms with E-state index in [1.165, 1.54) is 0 Å². The molecule has 4 rings (SSSR count). The van der Waals surface area contributed by atoms with Crippen LogP contribution in [0.4, 0.5) is 0 Å². The van der Waals surface area contributed by atoms with Crippen molar-refractivity contribution in [2.45, 2.75) is 6.92 Å². The molecule has 0 aliphatic heterocycles. The molecule has 0 unspecified atom stereocenters. The molecule has 0 atom stereocenters. The largest absolute Gasteiger partial charge is 0.283 e. The van der Waals surface area contributed by atoms with Gasteiger partial charge in [0.2, 0.25) is 0 Å². The number of pyridine rings is 1. The van der Waals surface area contributed by atoms with E-state index in [2.05, 4.69) is 16.0 Å². The molecule has 0 radical (unpaired) electrons. The quantitative estimate of drug-likeness (QED) is 0.555. The van der Waals surface area contributed by atoms with Crippen LogP contribution < -0.4 is 0 Å². The normalized spacial score (nSPS) is 10.7. The second-order valence-electron chi connectivity index (χ2n) is 5.62. The fourth-order valence-corrected chi connectivity index (χ4v) is 2.86. The van der Waals surface area contributed by atoms with Gasteiger partial charge in [0.1, 0.15) is 11.8 Å². The topological polar surface area (TPSA) is 54.5 Å². The molecular formula is C20H14N4. The molecule has 4 heteroatoms. The molecule has 2 aromatic carbocycles. The average Bonchev–Trinajstić information content (AvgIpc) is 3.07. The molecular weight excluding hydrogens is 296 g/mol.